The highest BCUT2D eigenvalue weighted by Crippen LogP contribution is 2.15. The molecule has 0 atom stereocenters. The van der Waals surface area contributed by atoms with E-state index >= 15 is 0 Å². The van der Waals surface area contributed by atoms with Crippen molar-refractivity contribution in [1.82, 2.24) is 15.5 Å². The number of nitrogens with one attached hydrogen (secondary N) is 2. The zero-order chi connectivity index (χ0) is 18.7. The molecular formula is C17H31IN4O4. The van der Waals surface area contributed by atoms with Gasteiger partial charge in [0, 0.05) is 40.4 Å². The fraction of sp³-hybridized carbons (Fsp3) is 0.647. The van der Waals surface area contributed by atoms with E-state index in [1.165, 1.54) is 7.11 Å². The molecule has 0 saturated heterocycles. The first-order valence-corrected chi connectivity index (χ1v) is 8.31. The second-order valence-electron chi connectivity index (χ2n) is 5.68. The molecule has 0 aromatic carbocycles. The van der Waals surface area contributed by atoms with Gasteiger partial charge in [-0.1, -0.05) is 0 Å². The monoisotopic (exact) mass is 482 g/mol. The van der Waals surface area contributed by atoms with Crippen LogP contribution < -0.4 is 10.6 Å². The zero-order valence-electron chi connectivity index (χ0n) is 16.3. The maximum absolute atomic E-state index is 11.6. The minimum Gasteiger partial charge on any atom is -0.465 e. The lowest BCUT2D eigenvalue weighted by molar-refractivity contribution is 0.0599. The van der Waals surface area contributed by atoms with Gasteiger partial charge >= 0.3 is 5.97 Å². The fourth-order valence-corrected chi connectivity index (χ4v) is 2.29. The Balaban J connectivity index is 0.00000625. The summed E-state index contributed by atoms with van der Waals surface area (Å²) in [6, 6.07) is 1.69. The Morgan fingerprint density at radius 1 is 1.31 bits per heavy atom. The van der Waals surface area contributed by atoms with E-state index < -0.39 is 5.97 Å². The van der Waals surface area contributed by atoms with Crippen LogP contribution in [0.4, 0.5) is 0 Å². The molecule has 0 bridgehead atoms. The Morgan fingerprint density at radius 2 is 2.04 bits per heavy atom. The number of esters is 1. The highest BCUT2D eigenvalue weighted by Gasteiger charge is 2.15. The van der Waals surface area contributed by atoms with Crippen molar-refractivity contribution in [2.24, 2.45) is 4.99 Å². The van der Waals surface area contributed by atoms with Crippen molar-refractivity contribution in [3.8, 4) is 0 Å². The predicted octanol–water partition coefficient (Wildman–Crippen LogP) is 1.63. The third-order valence-electron chi connectivity index (χ3n) is 3.70. The van der Waals surface area contributed by atoms with Crippen LogP contribution >= 0.6 is 24.0 Å². The number of rotatable bonds is 10. The van der Waals surface area contributed by atoms with Gasteiger partial charge in [-0.2, -0.15) is 0 Å². The van der Waals surface area contributed by atoms with Crippen LogP contribution in [0, 0.1) is 6.92 Å². The zero-order valence-corrected chi connectivity index (χ0v) is 18.6. The molecule has 0 aliphatic heterocycles. The lowest BCUT2D eigenvalue weighted by Gasteiger charge is -2.17. The summed E-state index contributed by atoms with van der Waals surface area (Å²) in [5, 5.41) is 6.41. The van der Waals surface area contributed by atoms with Crippen LogP contribution in [-0.4, -0.2) is 71.4 Å². The number of methoxy groups -OCH3 is 2. The normalized spacial score (nSPS) is 11.2. The Morgan fingerprint density at radius 3 is 2.65 bits per heavy atom. The van der Waals surface area contributed by atoms with Crippen LogP contribution in [0.1, 0.15) is 28.3 Å². The molecule has 1 heterocycles. The summed E-state index contributed by atoms with van der Waals surface area (Å²) >= 11 is 0. The molecule has 150 valence electrons. The van der Waals surface area contributed by atoms with Crippen LogP contribution in [0.15, 0.2) is 15.5 Å². The van der Waals surface area contributed by atoms with Crippen molar-refractivity contribution in [3.63, 3.8) is 0 Å². The summed E-state index contributed by atoms with van der Waals surface area (Å²) in [5.74, 6) is 1.48. The van der Waals surface area contributed by atoms with E-state index in [0.717, 1.165) is 32.7 Å². The number of likely N-dealkylation sites (N-methyl/N-ethyl adjacent to an activating group) is 1. The summed E-state index contributed by atoms with van der Waals surface area (Å²) in [6.07, 6.45) is 1.01. The number of carbonyl (C=O) groups is 1. The van der Waals surface area contributed by atoms with Crippen molar-refractivity contribution in [3.05, 3.63) is 23.2 Å². The molecule has 0 amide bonds. The molecule has 0 saturated carbocycles. The van der Waals surface area contributed by atoms with Crippen LogP contribution in [0.3, 0.4) is 0 Å². The van der Waals surface area contributed by atoms with Crippen molar-refractivity contribution >= 4 is 35.9 Å². The largest absolute Gasteiger partial charge is 0.465 e. The third-order valence-corrected chi connectivity index (χ3v) is 3.70. The molecule has 0 aliphatic rings. The van der Waals surface area contributed by atoms with E-state index in [4.69, 9.17) is 13.9 Å². The molecule has 8 nitrogen and oxygen atoms in total. The number of carbonyl (C=O) groups excluding carboxylic acids is 1. The number of hydrogen-bond acceptors (Lipinski definition) is 6. The highest BCUT2D eigenvalue weighted by molar-refractivity contribution is 14.0. The third kappa shape index (κ3) is 8.86. The van der Waals surface area contributed by atoms with Crippen LogP contribution in [0.2, 0.25) is 0 Å². The van der Waals surface area contributed by atoms with Crippen molar-refractivity contribution in [1.29, 1.82) is 0 Å². The Labute approximate surface area is 172 Å². The summed E-state index contributed by atoms with van der Waals surface area (Å²) in [7, 11) is 6.86. The number of ether oxygens (including phenoxy) is 2. The van der Waals surface area contributed by atoms with Gasteiger partial charge in [0.15, 0.2) is 5.96 Å². The molecule has 0 aliphatic carbocycles. The molecule has 0 spiro atoms. The minimum atomic E-state index is -0.397. The molecule has 9 heteroatoms. The number of nitrogens with zero attached hydrogens (tertiary/aromatic N) is 2. The standard InChI is InChI=1S/C17H30N4O4.HI/c1-13-15(16(22)24-5)11-14(25-13)12-20-17(18-2)19-7-9-21(3)8-6-10-23-4;/h11H,6-10,12H2,1-5H3,(H2,18,19,20);1H. The second kappa shape index (κ2) is 13.8. The predicted molar refractivity (Wildman–Crippen MR) is 112 cm³/mol. The molecule has 0 fully saturated rings. The number of aliphatic imine (C=N–C) groups is 1. The molecule has 2 N–H and O–H groups in total. The molecule has 0 radical (unpaired) electrons. The van der Waals surface area contributed by atoms with Crippen LogP contribution in [-0.2, 0) is 16.0 Å². The van der Waals surface area contributed by atoms with Crippen molar-refractivity contribution in [2.75, 3.05) is 54.6 Å². The molecule has 1 rings (SSSR count). The fourth-order valence-electron chi connectivity index (χ4n) is 2.29. The highest BCUT2D eigenvalue weighted by atomic mass is 127. The topological polar surface area (TPSA) is 88.3 Å². The van der Waals surface area contributed by atoms with Gasteiger partial charge in [0.2, 0.25) is 0 Å². The van der Waals surface area contributed by atoms with E-state index in [-0.39, 0.29) is 24.0 Å². The Bertz CT molecular complexity index is 563. The first kappa shape index (κ1) is 24.7. The number of hydrogen-bond donors (Lipinski definition) is 2. The summed E-state index contributed by atoms with van der Waals surface area (Å²) in [5.41, 5.74) is 0.444. The maximum Gasteiger partial charge on any atom is 0.341 e. The smallest absolute Gasteiger partial charge is 0.341 e. The number of halogens is 1. The SMILES string of the molecule is CN=C(NCCN(C)CCCOC)NCc1cc(C(=O)OC)c(C)o1.I. The number of furan rings is 1. The van der Waals surface area contributed by atoms with E-state index in [1.54, 1.807) is 27.1 Å². The van der Waals surface area contributed by atoms with Gasteiger partial charge in [-0.15, -0.1) is 24.0 Å². The van der Waals surface area contributed by atoms with Gasteiger partial charge in [-0.25, -0.2) is 4.79 Å². The van der Waals surface area contributed by atoms with Gasteiger partial charge < -0.3 is 29.4 Å². The molecule has 0 unspecified atom stereocenters. The first-order chi connectivity index (χ1) is 12.0. The lowest BCUT2D eigenvalue weighted by atomic mass is 10.2. The van der Waals surface area contributed by atoms with Gasteiger partial charge in [0.1, 0.15) is 17.1 Å². The van der Waals surface area contributed by atoms with Crippen molar-refractivity contribution in [2.45, 2.75) is 19.9 Å². The van der Waals surface area contributed by atoms with Crippen molar-refractivity contribution < 1.29 is 18.7 Å². The summed E-state index contributed by atoms with van der Waals surface area (Å²) in [6.45, 7) is 5.61. The van der Waals surface area contributed by atoms with Gasteiger partial charge in [0.25, 0.3) is 0 Å². The minimum absolute atomic E-state index is 0. The van der Waals surface area contributed by atoms with Gasteiger partial charge in [0.05, 0.1) is 13.7 Å². The van der Waals surface area contributed by atoms with E-state index in [1.807, 2.05) is 0 Å². The summed E-state index contributed by atoms with van der Waals surface area (Å²) < 4.78 is 15.3. The second-order valence-corrected chi connectivity index (χ2v) is 5.68. The molecule has 1 aromatic heterocycles. The van der Waals surface area contributed by atoms with Crippen LogP contribution in [0.5, 0.6) is 0 Å². The van der Waals surface area contributed by atoms with E-state index in [9.17, 15) is 4.79 Å². The summed E-state index contributed by atoms with van der Waals surface area (Å²) in [4.78, 5) is 18.0. The maximum atomic E-state index is 11.6. The average molecular weight is 482 g/mol. The molecule has 26 heavy (non-hydrogen) atoms. The van der Waals surface area contributed by atoms with E-state index in [2.05, 4.69) is 27.6 Å². The van der Waals surface area contributed by atoms with Crippen LogP contribution in [0.25, 0.3) is 0 Å². The quantitative estimate of drug-likeness (QED) is 0.172. The molecular weight excluding hydrogens is 451 g/mol. The Kier molecular flexibility index (Phi) is 13.1. The number of aryl methyl sites for hydroxylation is 1. The number of guanidine groups is 1. The van der Waals surface area contributed by atoms with Gasteiger partial charge in [-0.05, 0) is 26.5 Å². The lowest BCUT2D eigenvalue weighted by Crippen LogP contribution is -2.40. The Hall–Kier alpha value is -1.33. The molecule has 1 aromatic rings. The van der Waals surface area contributed by atoms with E-state index in [0.29, 0.717) is 29.6 Å². The average Bonchev–Trinajstić information content (AvgIpc) is 2.98. The first-order valence-electron chi connectivity index (χ1n) is 8.31. The van der Waals surface area contributed by atoms with Gasteiger partial charge in [-0.3, -0.25) is 4.99 Å².